The smallest absolute Gasteiger partial charge is 0.339 e. The average Bonchev–Trinajstić information content (AvgIpc) is 3.34. The number of pyridine rings is 1. The summed E-state index contributed by atoms with van der Waals surface area (Å²) in [6.45, 7) is 4.82. The van der Waals surface area contributed by atoms with E-state index in [0.29, 0.717) is 28.1 Å². The van der Waals surface area contributed by atoms with E-state index in [4.69, 9.17) is 14.0 Å². The molecule has 0 amide bonds. The van der Waals surface area contributed by atoms with Gasteiger partial charge in [-0.05, 0) is 44.9 Å². The second-order valence-electron chi connectivity index (χ2n) is 6.15. The first-order valence-corrected chi connectivity index (χ1v) is 9.06. The van der Waals surface area contributed by atoms with Gasteiger partial charge in [-0.15, -0.1) is 11.3 Å². The van der Waals surface area contributed by atoms with Crippen molar-refractivity contribution in [3.8, 4) is 10.6 Å². The van der Waals surface area contributed by atoms with Crippen LogP contribution < -0.4 is 0 Å². The van der Waals surface area contributed by atoms with Crippen molar-refractivity contribution < 1.29 is 18.8 Å². The molecule has 1 atom stereocenters. The van der Waals surface area contributed by atoms with Gasteiger partial charge in [0.25, 0.3) is 5.71 Å². The molecule has 0 spiro atoms. The van der Waals surface area contributed by atoms with E-state index in [1.807, 2.05) is 19.1 Å². The number of ether oxygens (including phenoxy) is 2. The maximum atomic E-state index is 12.7. The molecule has 25 heavy (non-hydrogen) atoms. The lowest BCUT2D eigenvalue weighted by molar-refractivity contribution is 0.0163. The summed E-state index contributed by atoms with van der Waals surface area (Å²) in [4.78, 5) is 19.3. The first-order chi connectivity index (χ1) is 12.1. The Morgan fingerprint density at radius 1 is 1.40 bits per heavy atom. The standard InChI is InChI=1S/C18H18N2O4S/c1-10-5-6-15(25-10)14-8-13(16-11(2)20-24-17(16)19-14)18(21)23-9-12-4-3-7-22-12/h5-6,8,12H,3-4,7,9H2,1-2H3. The summed E-state index contributed by atoms with van der Waals surface area (Å²) in [7, 11) is 0. The van der Waals surface area contributed by atoms with E-state index in [1.165, 1.54) is 4.88 Å². The number of aromatic nitrogens is 2. The molecule has 1 unspecified atom stereocenters. The highest BCUT2D eigenvalue weighted by Gasteiger charge is 2.23. The van der Waals surface area contributed by atoms with Gasteiger partial charge in [0.2, 0.25) is 0 Å². The molecule has 1 aliphatic rings. The van der Waals surface area contributed by atoms with Gasteiger partial charge >= 0.3 is 5.97 Å². The van der Waals surface area contributed by atoms with Crippen LogP contribution >= 0.6 is 11.3 Å². The van der Waals surface area contributed by atoms with Gasteiger partial charge in [-0.3, -0.25) is 0 Å². The van der Waals surface area contributed by atoms with Crippen LogP contribution in [0.3, 0.4) is 0 Å². The van der Waals surface area contributed by atoms with E-state index in [0.717, 1.165) is 24.3 Å². The number of aryl methyl sites for hydroxylation is 2. The lowest BCUT2D eigenvalue weighted by Crippen LogP contribution is -2.18. The zero-order valence-electron chi connectivity index (χ0n) is 14.1. The summed E-state index contributed by atoms with van der Waals surface area (Å²) in [5.41, 5.74) is 2.10. The van der Waals surface area contributed by atoms with Gasteiger partial charge in [0.1, 0.15) is 6.61 Å². The summed E-state index contributed by atoms with van der Waals surface area (Å²) in [5, 5.41) is 4.56. The Balaban J connectivity index is 1.69. The summed E-state index contributed by atoms with van der Waals surface area (Å²) in [5.74, 6) is -0.399. The Kier molecular flexibility index (Phi) is 4.27. The van der Waals surface area contributed by atoms with Crippen LogP contribution in [0.1, 0.15) is 33.8 Å². The third-order valence-corrected chi connectivity index (χ3v) is 5.28. The number of carbonyl (C=O) groups excluding carboxylic acids is 1. The average molecular weight is 358 g/mol. The molecule has 0 bridgehead atoms. The van der Waals surface area contributed by atoms with Gasteiger partial charge < -0.3 is 14.0 Å². The molecule has 4 rings (SSSR count). The number of rotatable bonds is 4. The monoisotopic (exact) mass is 358 g/mol. The fourth-order valence-corrected chi connectivity index (χ4v) is 3.80. The lowest BCUT2D eigenvalue weighted by atomic mass is 10.1. The molecule has 6 nitrogen and oxygen atoms in total. The van der Waals surface area contributed by atoms with Crippen LogP contribution in [0.5, 0.6) is 0 Å². The largest absolute Gasteiger partial charge is 0.459 e. The van der Waals surface area contributed by atoms with Gasteiger partial charge in [-0.25, -0.2) is 9.78 Å². The molecule has 130 valence electrons. The molecule has 3 aromatic rings. The Labute approximate surface area is 148 Å². The lowest BCUT2D eigenvalue weighted by Gasteiger charge is -2.11. The van der Waals surface area contributed by atoms with Crippen molar-refractivity contribution in [1.29, 1.82) is 0 Å². The molecule has 0 aliphatic carbocycles. The van der Waals surface area contributed by atoms with Crippen LogP contribution in [-0.4, -0.2) is 35.4 Å². The van der Waals surface area contributed by atoms with E-state index in [1.54, 1.807) is 24.3 Å². The molecule has 4 heterocycles. The molecular formula is C18H18N2O4S. The minimum absolute atomic E-state index is 0.00994. The predicted octanol–water partition coefficient (Wildman–Crippen LogP) is 3.90. The Bertz CT molecular complexity index is 924. The second-order valence-corrected chi connectivity index (χ2v) is 7.43. The Morgan fingerprint density at radius 2 is 2.28 bits per heavy atom. The number of carbonyl (C=O) groups is 1. The number of hydrogen-bond acceptors (Lipinski definition) is 7. The summed E-state index contributed by atoms with van der Waals surface area (Å²) >= 11 is 1.61. The molecule has 0 aromatic carbocycles. The van der Waals surface area contributed by atoms with Crippen LogP contribution in [0, 0.1) is 13.8 Å². The molecule has 0 N–H and O–H groups in total. The number of esters is 1. The van der Waals surface area contributed by atoms with E-state index < -0.39 is 5.97 Å². The highest BCUT2D eigenvalue weighted by atomic mass is 32.1. The molecule has 7 heteroatoms. The van der Waals surface area contributed by atoms with Gasteiger partial charge in [-0.1, -0.05) is 5.16 Å². The summed E-state index contributed by atoms with van der Waals surface area (Å²) in [6.07, 6.45) is 1.92. The van der Waals surface area contributed by atoms with Gasteiger partial charge in [0.05, 0.1) is 33.3 Å². The Morgan fingerprint density at radius 3 is 3.00 bits per heavy atom. The van der Waals surface area contributed by atoms with Crippen molar-refractivity contribution in [2.24, 2.45) is 0 Å². The summed E-state index contributed by atoms with van der Waals surface area (Å²) < 4.78 is 16.3. The molecule has 0 saturated carbocycles. The molecule has 3 aromatic heterocycles. The van der Waals surface area contributed by atoms with E-state index >= 15 is 0 Å². The van der Waals surface area contributed by atoms with Gasteiger partial charge in [-0.2, -0.15) is 0 Å². The number of nitrogens with zero attached hydrogens (tertiary/aromatic N) is 2. The van der Waals surface area contributed by atoms with Crippen molar-refractivity contribution in [3.63, 3.8) is 0 Å². The van der Waals surface area contributed by atoms with Crippen LogP contribution in [0.2, 0.25) is 0 Å². The molecule has 0 radical (unpaired) electrons. The first-order valence-electron chi connectivity index (χ1n) is 8.24. The van der Waals surface area contributed by atoms with Crippen molar-refractivity contribution in [3.05, 3.63) is 34.3 Å². The van der Waals surface area contributed by atoms with Crippen molar-refractivity contribution >= 4 is 28.4 Å². The quantitative estimate of drug-likeness (QED) is 0.659. The van der Waals surface area contributed by atoms with Crippen molar-refractivity contribution in [2.45, 2.75) is 32.8 Å². The normalized spacial score (nSPS) is 17.3. The van der Waals surface area contributed by atoms with Crippen LogP contribution in [0.4, 0.5) is 0 Å². The second kappa shape index (κ2) is 6.57. The highest BCUT2D eigenvalue weighted by molar-refractivity contribution is 7.15. The number of fused-ring (bicyclic) bond motifs is 1. The Hall–Kier alpha value is -2.25. The molecular weight excluding hydrogens is 340 g/mol. The van der Waals surface area contributed by atoms with E-state index in [-0.39, 0.29) is 12.7 Å². The van der Waals surface area contributed by atoms with Crippen LogP contribution in [0.25, 0.3) is 21.7 Å². The zero-order chi connectivity index (χ0) is 17.4. The minimum Gasteiger partial charge on any atom is -0.459 e. The zero-order valence-corrected chi connectivity index (χ0v) is 14.9. The topological polar surface area (TPSA) is 74.5 Å². The molecule has 1 saturated heterocycles. The predicted molar refractivity (Wildman–Crippen MR) is 93.8 cm³/mol. The summed E-state index contributed by atoms with van der Waals surface area (Å²) in [6, 6.07) is 5.77. The van der Waals surface area contributed by atoms with Gasteiger partial charge in [0, 0.05) is 11.5 Å². The van der Waals surface area contributed by atoms with E-state index in [2.05, 4.69) is 10.1 Å². The third kappa shape index (κ3) is 3.17. The minimum atomic E-state index is -0.399. The first kappa shape index (κ1) is 16.2. The van der Waals surface area contributed by atoms with Crippen molar-refractivity contribution in [2.75, 3.05) is 13.2 Å². The fourth-order valence-electron chi connectivity index (χ4n) is 2.98. The third-order valence-electron chi connectivity index (χ3n) is 4.25. The van der Waals surface area contributed by atoms with Gasteiger partial charge in [0.15, 0.2) is 0 Å². The highest BCUT2D eigenvalue weighted by Crippen LogP contribution is 2.31. The van der Waals surface area contributed by atoms with Crippen LogP contribution in [0.15, 0.2) is 22.7 Å². The number of hydrogen-bond donors (Lipinski definition) is 0. The maximum Gasteiger partial charge on any atom is 0.339 e. The van der Waals surface area contributed by atoms with Crippen LogP contribution in [-0.2, 0) is 9.47 Å². The molecule has 1 fully saturated rings. The molecule has 1 aliphatic heterocycles. The SMILES string of the molecule is Cc1ccc(-c2cc(C(=O)OCC3CCCO3)c3c(C)noc3n2)s1. The van der Waals surface area contributed by atoms with Crippen molar-refractivity contribution in [1.82, 2.24) is 10.1 Å². The number of thiophene rings is 1. The fraction of sp³-hybridized carbons (Fsp3) is 0.389. The van der Waals surface area contributed by atoms with E-state index in [9.17, 15) is 4.79 Å². The maximum absolute atomic E-state index is 12.7.